The smallest absolute Gasteiger partial charge is 0.242 e. The van der Waals surface area contributed by atoms with Crippen molar-refractivity contribution >= 4 is 50.7 Å². The molecule has 2 aromatic carbocycles. The number of aryl methyl sites for hydroxylation is 1. The first-order valence-electron chi connectivity index (χ1n) is 12.8. The van der Waals surface area contributed by atoms with Crippen LogP contribution in [-0.2, 0) is 26.2 Å². The Kier molecular flexibility index (Phi) is 11.9. The van der Waals surface area contributed by atoms with E-state index in [1.807, 2.05) is 46.8 Å². The number of amides is 2. The minimum absolute atomic E-state index is 0.0756. The van der Waals surface area contributed by atoms with E-state index in [9.17, 15) is 18.0 Å². The Hall–Kier alpha value is -2.29. The molecule has 0 fully saturated rings. The van der Waals surface area contributed by atoms with Gasteiger partial charge in [-0.1, -0.05) is 62.2 Å². The highest BCUT2D eigenvalue weighted by molar-refractivity contribution is 7.92. The lowest BCUT2D eigenvalue weighted by atomic mass is 10.1. The van der Waals surface area contributed by atoms with Crippen molar-refractivity contribution < 1.29 is 18.0 Å². The van der Waals surface area contributed by atoms with Crippen LogP contribution in [-0.4, -0.2) is 50.5 Å². The minimum atomic E-state index is -3.57. The number of benzene rings is 2. The van der Waals surface area contributed by atoms with Gasteiger partial charge < -0.3 is 10.2 Å². The van der Waals surface area contributed by atoms with E-state index >= 15 is 0 Å². The van der Waals surface area contributed by atoms with Crippen molar-refractivity contribution in [1.29, 1.82) is 0 Å². The molecule has 38 heavy (non-hydrogen) atoms. The molecule has 0 aliphatic rings. The molecule has 210 valence electrons. The van der Waals surface area contributed by atoms with Crippen LogP contribution in [0.2, 0.25) is 10.0 Å². The Morgan fingerprint density at radius 2 is 1.74 bits per heavy atom. The molecule has 1 atom stereocenters. The van der Waals surface area contributed by atoms with Crippen LogP contribution in [0.15, 0.2) is 36.4 Å². The third-order valence-corrected chi connectivity index (χ3v) is 8.32. The Morgan fingerprint density at radius 3 is 2.32 bits per heavy atom. The van der Waals surface area contributed by atoms with Gasteiger partial charge in [-0.15, -0.1) is 0 Å². The van der Waals surface area contributed by atoms with E-state index in [1.54, 1.807) is 29.2 Å². The third-order valence-electron chi connectivity index (χ3n) is 6.40. The minimum Gasteiger partial charge on any atom is -0.354 e. The standard InChI is InChI=1S/C28H39Cl2N3O4S/c1-7-25(28(35)31-17-19(2)3)32(18-22-13-14-23(29)24(30)16-22)27(34)12-9-15-33(38(6,36)37)26-11-8-10-20(4)21(26)5/h8,10-11,13-14,16,19,25H,7,9,12,15,17-18H2,1-6H3,(H,31,35). The maximum absolute atomic E-state index is 13.6. The number of anilines is 1. The molecular weight excluding hydrogens is 545 g/mol. The fourth-order valence-electron chi connectivity index (χ4n) is 4.16. The van der Waals surface area contributed by atoms with Crippen LogP contribution in [0.25, 0.3) is 0 Å². The van der Waals surface area contributed by atoms with E-state index in [2.05, 4.69) is 5.32 Å². The second-order valence-corrected chi connectivity index (χ2v) is 12.7. The highest BCUT2D eigenvalue weighted by Gasteiger charge is 2.29. The predicted octanol–water partition coefficient (Wildman–Crippen LogP) is 5.74. The average molecular weight is 585 g/mol. The molecule has 0 spiro atoms. The number of hydrogen-bond acceptors (Lipinski definition) is 4. The highest BCUT2D eigenvalue weighted by Crippen LogP contribution is 2.26. The van der Waals surface area contributed by atoms with Crippen molar-refractivity contribution in [2.24, 2.45) is 5.92 Å². The van der Waals surface area contributed by atoms with Crippen molar-refractivity contribution in [3.8, 4) is 0 Å². The molecule has 2 aromatic rings. The normalized spacial score (nSPS) is 12.3. The van der Waals surface area contributed by atoms with Crippen LogP contribution in [0.4, 0.5) is 5.69 Å². The Labute approximate surface area is 237 Å². The summed E-state index contributed by atoms with van der Waals surface area (Å²) in [7, 11) is -3.57. The van der Waals surface area contributed by atoms with Gasteiger partial charge in [0.05, 0.1) is 22.0 Å². The van der Waals surface area contributed by atoms with E-state index in [4.69, 9.17) is 23.2 Å². The molecule has 0 saturated heterocycles. The summed E-state index contributed by atoms with van der Waals surface area (Å²) >= 11 is 12.3. The van der Waals surface area contributed by atoms with Gasteiger partial charge in [-0.3, -0.25) is 13.9 Å². The maximum atomic E-state index is 13.6. The number of nitrogens with zero attached hydrogens (tertiary/aromatic N) is 2. The second-order valence-electron chi connectivity index (χ2n) is 9.99. The molecule has 1 unspecified atom stereocenters. The molecule has 0 heterocycles. The van der Waals surface area contributed by atoms with Crippen LogP contribution in [0, 0.1) is 19.8 Å². The van der Waals surface area contributed by atoms with Crippen LogP contribution < -0.4 is 9.62 Å². The first-order chi connectivity index (χ1) is 17.8. The van der Waals surface area contributed by atoms with E-state index in [-0.39, 0.29) is 37.2 Å². The molecule has 0 aliphatic carbocycles. The molecular formula is C28H39Cl2N3O4S. The lowest BCUT2D eigenvalue weighted by Gasteiger charge is -2.31. The van der Waals surface area contributed by atoms with Gasteiger partial charge in [0.25, 0.3) is 0 Å². The summed E-state index contributed by atoms with van der Waals surface area (Å²) in [5.74, 6) is -0.192. The summed E-state index contributed by atoms with van der Waals surface area (Å²) < 4.78 is 26.6. The summed E-state index contributed by atoms with van der Waals surface area (Å²) in [5, 5.41) is 3.71. The maximum Gasteiger partial charge on any atom is 0.242 e. The fraction of sp³-hybridized carbons (Fsp3) is 0.500. The average Bonchev–Trinajstić information content (AvgIpc) is 2.83. The largest absolute Gasteiger partial charge is 0.354 e. The predicted molar refractivity (Wildman–Crippen MR) is 156 cm³/mol. The molecule has 2 amide bonds. The van der Waals surface area contributed by atoms with Crippen LogP contribution in [0.3, 0.4) is 0 Å². The summed E-state index contributed by atoms with van der Waals surface area (Å²) in [4.78, 5) is 28.2. The van der Waals surface area contributed by atoms with Crippen molar-refractivity contribution in [3.63, 3.8) is 0 Å². The first kappa shape index (κ1) is 31.9. The number of halogens is 2. The molecule has 0 saturated carbocycles. The zero-order chi connectivity index (χ0) is 28.6. The highest BCUT2D eigenvalue weighted by atomic mass is 35.5. The van der Waals surface area contributed by atoms with E-state index in [1.165, 1.54) is 10.6 Å². The summed E-state index contributed by atoms with van der Waals surface area (Å²) in [5.41, 5.74) is 3.21. The topological polar surface area (TPSA) is 86.8 Å². The van der Waals surface area contributed by atoms with Crippen molar-refractivity contribution in [2.45, 2.75) is 66.5 Å². The van der Waals surface area contributed by atoms with Gasteiger partial charge in [0.2, 0.25) is 21.8 Å². The van der Waals surface area contributed by atoms with E-state index in [0.717, 1.165) is 16.7 Å². The van der Waals surface area contributed by atoms with Crippen molar-refractivity contribution in [2.75, 3.05) is 23.7 Å². The van der Waals surface area contributed by atoms with Gasteiger partial charge in [-0.2, -0.15) is 0 Å². The van der Waals surface area contributed by atoms with Crippen LogP contribution in [0.5, 0.6) is 0 Å². The van der Waals surface area contributed by atoms with Crippen LogP contribution in [0.1, 0.15) is 56.7 Å². The molecule has 1 N–H and O–H groups in total. The van der Waals surface area contributed by atoms with Gasteiger partial charge in [-0.05, 0) is 67.5 Å². The van der Waals surface area contributed by atoms with Gasteiger partial charge in [-0.25, -0.2) is 8.42 Å². The van der Waals surface area contributed by atoms with Gasteiger partial charge in [0, 0.05) is 26.1 Å². The van der Waals surface area contributed by atoms with E-state index < -0.39 is 16.1 Å². The number of hydrogen-bond donors (Lipinski definition) is 1. The van der Waals surface area contributed by atoms with Gasteiger partial charge >= 0.3 is 0 Å². The SMILES string of the molecule is CCC(C(=O)NCC(C)C)N(Cc1ccc(Cl)c(Cl)c1)C(=O)CCCN(c1cccc(C)c1C)S(C)(=O)=O. The Morgan fingerprint density at radius 1 is 1.05 bits per heavy atom. The molecule has 0 aliphatic heterocycles. The number of carbonyl (C=O) groups excluding carboxylic acids is 2. The molecule has 0 radical (unpaired) electrons. The number of rotatable bonds is 13. The first-order valence-corrected chi connectivity index (χ1v) is 15.4. The van der Waals surface area contributed by atoms with Gasteiger partial charge in [0.1, 0.15) is 6.04 Å². The Bertz CT molecular complexity index is 1230. The molecule has 7 nitrogen and oxygen atoms in total. The van der Waals surface area contributed by atoms with Crippen molar-refractivity contribution in [1.82, 2.24) is 10.2 Å². The summed E-state index contributed by atoms with van der Waals surface area (Å²) in [6.07, 6.45) is 1.96. The number of nitrogens with one attached hydrogen (secondary N) is 1. The van der Waals surface area contributed by atoms with Crippen molar-refractivity contribution in [3.05, 3.63) is 63.1 Å². The summed E-state index contributed by atoms with van der Waals surface area (Å²) in [6, 6.07) is 9.97. The zero-order valence-electron chi connectivity index (χ0n) is 23.1. The Balaban J connectivity index is 2.27. The van der Waals surface area contributed by atoms with Crippen LogP contribution >= 0.6 is 23.2 Å². The molecule has 0 bridgehead atoms. The van der Waals surface area contributed by atoms with Gasteiger partial charge in [0.15, 0.2) is 0 Å². The zero-order valence-corrected chi connectivity index (χ0v) is 25.4. The lowest BCUT2D eigenvalue weighted by Crippen LogP contribution is -2.49. The number of carbonyl (C=O) groups is 2. The third kappa shape index (κ3) is 8.89. The molecule has 2 rings (SSSR count). The molecule has 0 aromatic heterocycles. The lowest BCUT2D eigenvalue weighted by molar-refractivity contribution is -0.141. The molecule has 10 heteroatoms. The fourth-order valence-corrected chi connectivity index (χ4v) is 5.50. The van der Waals surface area contributed by atoms with E-state index in [0.29, 0.717) is 35.1 Å². The second kappa shape index (κ2) is 14.2. The number of sulfonamides is 1. The quantitative estimate of drug-likeness (QED) is 0.326. The summed E-state index contributed by atoms with van der Waals surface area (Å²) in [6.45, 7) is 10.5. The monoisotopic (exact) mass is 583 g/mol.